The average Bonchev–Trinajstić information content (AvgIpc) is 2.16. The van der Waals surface area contributed by atoms with Crippen LogP contribution < -0.4 is 5.32 Å². The molecule has 6 heteroatoms. The number of nitrogens with one attached hydrogen (secondary N) is 1. The molecular weight excluding hydrogens is 188 g/mol. The Morgan fingerprint density at radius 2 is 1.64 bits per heavy atom. The smallest absolute Gasteiger partial charge is 0.354 e. The Morgan fingerprint density at radius 3 is 1.93 bits per heavy atom. The number of aromatic carboxylic acids is 2. The minimum atomic E-state index is -1.26. The lowest BCUT2D eigenvalue weighted by Gasteiger charge is -2.02. The van der Waals surface area contributed by atoms with Gasteiger partial charge in [0, 0.05) is 12.7 Å². The zero-order valence-corrected chi connectivity index (χ0v) is 7.31. The van der Waals surface area contributed by atoms with Crippen LogP contribution in [0.5, 0.6) is 0 Å². The topological polar surface area (TPSA) is 99.5 Å². The highest BCUT2D eigenvalue weighted by Crippen LogP contribution is 2.11. The van der Waals surface area contributed by atoms with E-state index in [1.807, 2.05) is 0 Å². The molecule has 0 unspecified atom stereocenters. The molecule has 0 aliphatic heterocycles. The summed E-state index contributed by atoms with van der Waals surface area (Å²) < 4.78 is 0. The first-order chi connectivity index (χ1) is 6.54. The van der Waals surface area contributed by atoms with Gasteiger partial charge in [-0.25, -0.2) is 14.6 Å². The first kappa shape index (κ1) is 9.97. The number of carboxylic acid groups (broad SMARTS) is 2. The van der Waals surface area contributed by atoms with Crippen LogP contribution in [-0.2, 0) is 0 Å². The number of hydrogen-bond donors (Lipinski definition) is 3. The predicted octanol–water partition coefficient (Wildman–Crippen LogP) is 0.520. The number of aromatic nitrogens is 1. The molecule has 0 spiro atoms. The summed E-state index contributed by atoms with van der Waals surface area (Å²) in [7, 11) is 1.56. The Labute approximate surface area is 79.2 Å². The van der Waals surface area contributed by atoms with Crippen molar-refractivity contribution < 1.29 is 19.8 Å². The molecule has 0 amide bonds. The fourth-order valence-corrected chi connectivity index (χ4v) is 0.894. The molecule has 74 valence electrons. The Kier molecular flexibility index (Phi) is 2.66. The van der Waals surface area contributed by atoms with Crippen molar-refractivity contribution in [1.29, 1.82) is 0 Å². The summed E-state index contributed by atoms with van der Waals surface area (Å²) in [5, 5.41) is 19.9. The van der Waals surface area contributed by atoms with Crippen LogP contribution in [0, 0.1) is 0 Å². The minimum absolute atomic E-state index is 0.297. The fourth-order valence-electron chi connectivity index (χ4n) is 0.894. The number of carboxylic acids is 2. The molecule has 0 aromatic carbocycles. The molecule has 1 aromatic rings. The predicted molar refractivity (Wildman–Crippen MR) is 47.7 cm³/mol. The third-order valence-corrected chi connectivity index (χ3v) is 1.55. The second-order valence-corrected chi connectivity index (χ2v) is 2.49. The van der Waals surface area contributed by atoms with Gasteiger partial charge in [0.05, 0.1) is 0 Å². The Hall–Kier alpha value is -2.11. The van der Waals surface area contributed by atoms with E-state index in [2.05, 4.69) is 10.3 Å². The van der Waals surface area contributed by atoms with Crippen molar-refractivity contribution >= 4 is 17.6 Å². The molecule has 0 saturated carbocycles. The average molecular weight is 196 g/mol. The molecule has 0 atom stereocenters. The molecule has 0 radical (unpaired) electrons. The first-order valence-electron chi connectivity index (χ1n) is 3.71. The van der Waals surface area contributed by atoms with Gasteiger partial charge in [0.1, 0.15) is 0 Å². The molecule has 0 aliphatic rings. The van der Waals surface area contributed by atoms with Crippen LogP contribution >= 0.6 is 0 Å². The van der Waals surface area contributed by atoms with Crippen molar-refractivity contribution in [3.8, 4) is 0 Å². The molecule has 1 rings (SSSR count). The quantitative estimate of drug-likeness (QED) is 0.651. The normalized spacial score (nSPS) is 9.50. The lowest BCUT2D eigenvalue weighted by molar-refractivity contribution is 0.0685. The van der Waals surface area contributed by atoms with Crippen LogP contribution in [0.3, 0.4) is 0 Å². The lowest BCUT2D eigenvalue weighted by atomic mass is 10.2. The molecular formula is C8H8N2O4. The monoisotopic (exact) mass is 196 g/mol. The molecule has 0 bridgehead atoms. The van der Waals surface area contributed by atoms with Crippen molar-refractivity contribution in [3.05, 3.63) is 23.5 Å². The third kappa shape index (κ3) is 1.98. The van der Waals surface area contributed by atoms with Crippen molar-refractivity contribution in [3.63, 3.8) is 0 Å². The number of carbonyl (C=O) groups is 2. The van der Waals surface area contributed by atoms with Crippen molar-refractivity contribution in [2.45, 2.75) is 0 Å². The van der Waals surface area contributed by atoms with Gasteiger partial charge < -0.3 is 15.5 Å². The fraction of sp³-hybridized carbons (Fsp3) is 0.125. The molecule has 0 fully saturated rings. The van der Waals surface area contributed by atoms with E-state index in [-0.39, 0.29) is 11.4 Å². The van der Waals surface area contributed by atoms with E-state index >= 15 is 0 Å². The second kappa shape index (κ2) is 3.73. The van der Waals surface area contributed by atoms with E-state index in [1.165, 1.54) is 12.1 Å². The van der Waals surface area contributed by atoms with Crippen LogP contribution in [0.15, 0.2) is 12.1 Å². The van der Waals surface area contributed by atoms with Crippen LogP contribution in [0.2, 0.25) is 0 Å². The molecule has 3 N–H and O–H groups in total. The first-order valence-corrected chi connectivity index (χ1v) is 3.71. The molecule has 1 heterocycles. The lowest BCUT2D eigenvalue weighted by Crippen LogP contribution is -2.08. The van der Waals surface area contributed by atoms with Gasteiger partial charge in [-0.05, 0) is 12.1 Å². The highest BCUT2D eigenvalue weighted by atomic mass is 16.4. The largest absolute Gasteiger partial charge is 0.477 e. The maximum atomic E-state index is 10.6. The van der Waals surface area contributed by atoms with E-state index in [1.54, 1.807) is 7.05 Å². The summed E-state index contributed by atoms with van der Waals surface area (Å²) in [4.78, 5) is 24.6. The van der Waals surface area contributed by atoms with E-state index in [0.29, 0.717) is 5.69 Å². The van der Waals surface area contributed by atoms with E-state index in [0.717, 1.165) is 0 Å². The number of nitrogens with zero attached hydrogens (tertiary/aromatic N) is 1. The standard InChI is InChI=1S/C8H8N2O4/c1-9-4-2-5(7(11)12)10-6(3-4)8(13)14/h2-3H,1H3,(H,9,10)(H,11,12)(H,13,14). The van der Waals surface area contributed by atoms with Crippen LogP contribution in [0.4, 0.5) is 5.69 Å². The van der Waals surface area contributed by atoms with Gasteiger partial charge in [0.2, 0.25) is 0 Å². The summed E-state index contributed by atoms with van der Waals surface area (Å²) in [5.41, 5.74) is -0.196. The number of hydrogen-bond acceptors (Lipinski definition) is 4. The van der Waals surface area contributed by atoms with Gasteiger partial charge in [-0.15, -0.1) is 0 Å². The molecule has 6 nitrogen and oxygen atoms in total. The van der Waals surface area contributed by atoms with Gasteiger partial charge in [-0.3, -0.25) is 0 Å². The molecule has 14 heavy (non-hydrogen) atoms. The Bertz CT molecular complexity index is 357. The minimum Gasteiger partial charge on any atom is -0.477 e. The van der Waals surface area contributed by atoms with Crippen LogP contribution in [0.25, 0.3) is 0 Å². The summed E-state index contributed by atoms with van der Waals surface area (Å²) in [6, 6.07) is 2.52. The summed E-state index contributed by atoms with van der Waals surface area (Å²) in [6.07, 6.45) is 0. The Balaban J connectivity index is 3.27. The maximum absolute atomic E-state index is 10.6. The highest BCUT2D eigenvalue weighted by molar-refractivity contribution is 5.91. The second-order valence-electron chi connectivity index (χ2n) is 2.49. The summed E-state index contributed by atoms with van der Waals surface area (Å²) in [6.45, 7) is 0. The van der Waals surface area contributed by atoms with Crippen molar-refractivity contribution in [2.24, 2.45) is 0 Å². The zero-order valence-electron chi connectivity index (χ0n) is 7.31. The van der Waals surface area contributed by atoms with Crippen LogP contribution in [-0.4, -0.2) is 34.2 Å². The number of rotatable bonds is 3. The maximum Gasteiger partial charge on any atom is 0.354 e. The molecule has 1 aromatic heterocycles. The SMILES string of the molecule is CNc1cc(C(=O)O)nc(C(=O)O)c1. The van der Waals surface area contributed by atoms with E-state index < -0.39 is 11.9 Å². The third-order valence-electron chi connectivity index (χ3n) is 1.55. The van der Waals surface area contributed by atoms with Crippen molar-refractivity contribution in [2.75, 3.05) is 12.4 Å². The van der Waals surface area contributed by atoms with Gasteiger partial charge >= 0.3 is 11.9 Å². The molecule has 0 aliphatic carbocycles. The van der Waals surface area contributed by atoms with Gasteiger partial charge in [0.25, 0.3) is 0 Å². The number of pyridine rings is 1. The van der Waals surface area contributed by atoms with Crippen molar-refractivity contribution in [1.82, 2.24) is 4.98 Å². The van der Waals surface area contributed by atoms with Gasteiger partial charge in [-0.2, -0.15) is 0 Å². The van der Waals surface area contributed by atoms with E-state index in [4.69, 9.17) is 10.2 Å². The summed E-state index contributed by atoms with van der Waals surface area (Å²) in [5.74, 6) is -2.52. The van der Waals surface area contributed by atoms with Gasteiger partial charge in [-0.1, -0.05) is 0 Å². The zero-order chi connectivity index (χ0) is 10.7. The summed E-state index contributed by atoms with van der Waals surface area (Å²) >= 11 is 0. The van der Waals surface area contributed by atoms with Gasteiger partial charge in [0.15, 0.2) is 11.4 Å². The number of anilines is 1. The van der Waals surface area contributed by atoms with E-state index in [9.17, 15) is 9.59 Å². The Morgan fingerprint density at radius 1 is 1.21 bits per heavy atom. The molecule has 0 saturated heterocycles. The van der Waals surface area contributed by atoms with Crippen LogP contribution in [0.1, 0.15) is 21.0 Å². The highest BCUT2D eigenvalue weighted by Gasteiger charge is 2.12.